The number of fused-ring (bicyclic) bond motifs is 1. The van der Waals surface area contributed by atoms with Crippen LogP contribution in [0.3, 0.4) is 0 Å². The normalized spacial score (nSPS) is 16.7. The molecule has 28 heavy (non-hydrogen) atoms. The Morgan fingerprint density at radius 1 is 1.07 bits per heavy atom. The van der Waals surface area contributed by atoms with E-state index in [1.807, 2.05) is 4.90 Å². The number of aromatic nitrogens is 1. The molecule has 0 saturated carbocycles. The van der Waals surface area contributed by atoms with Gasteiger partial charge >= 0.3 is 0 Å². The molecule has 148 valence electrons. The maximum Gasteiger partial charge on any atom is 0.246 e. The lowest BCUT2D eigenvalue weighted by atomic mass is 10.3. The Bertz CT molecular complexity index is 1130. The topological polar surface area (TPSA) is 66.7 Å². The number of benzene rings is 2. The van der Waals surface area contributed by atoms with Gasteiger partial charge in [-0.15, -0.1) is 0 Å². The SMILES string of the molecule is O=S(=O)(c1cc(F)ccc1F)N1CCN(Cc2nc3ccc(Cl)cc3o2)CC1. The summed E-state index contributed by atoms with van der Waals surface area (Å²) >= 11 is 5.94. The van der Waals surface area contributed by atoms with Gasteiger partial charge in [0.2, 0.25) is 15.9 Å². The molecule has 1 fully saturated rings. The van der Waals surface area contributed by atoms with E-state index in [0.29, 0.717) is 47.7 Å². The fourth-order valence-corrected chi connectivity index (χ4v) is 4.81. The summed E-state index contributed by atoms with van der Waals surface area (Å²) in [7, 11) is -4.10. The minimum Gasteiger partial charge on any atom is -0.439 e. The lowest BCUT2D eigenvalue weighted by molar-refractivity contribution is 0.169. The van der Waals surface area contributed by atoms with Crippen LogP contribution in [0.15, 0.2) is 45.7 Å². The van der Waals surface area contributed by atoms with Gasteiger partial charge in [-0.25, -0.2) is 22.2 Å². The van der Waals surface area contributed by atoms with Crippen molar-refractivity contribution in [3.63, 3.8) is 0 Å². The molecule has 6 nitrogen and oxygen atoms in total. The Morgan fingerprint density at radius 3 is 2.57 bits per heavy atom. The van der Waals surface area contributed by atoms with Crippen LogP contribution < -0.4 is 0 Å². The van der Waals surface area contributed by atoms with E-state index in [1.165, 1.54) is 0 Å². The van der Waals surface area contributed by atoms with E-state index >= 15 is 0 Å². The van der Waals surface area contributed by atoms with Gasteiger partial charge in [0.05, 0.1) is 6.54 Å². The fraction of sp³-hybridized carbons (Fsp3) is 0.278. The third-order valence-electron chi connectivity index (χ3n) is 4.60. The fourth-order valence-electron chi connectivity index (χ4n) is 3.15. The number of piperazine rings is 1. The highest BCUT2D eigenvalue weighted by Crippen LogP contribution is 2.23. The zero-order valence-electron chi connectivity index (χ0n) is 14.6. The lowest BCUT2D eigenvalue weighted by Gasteiger charge is -2.33. The Labute approximate surface area is 165 Å². The molecule has 0 spiro atoms. The van der Waals surface area contributed by atoms with Crippen molar-refractivity contribution in [2.75, 3.05) is 26.2 Å². The van der Waals surface area contributed by atoms with Gasteiger partial charge in [-0.05, 0) is 30.3 Å². The first kappa shape index (κ1) is 19.3. The number of oxazole rings is 1. The van der Waals surface area contributed by atoms with Crippen LogP contribution >= 0.6 is 11.6 Å². The van der Waals surface area contributed by atoms with E-state index in [9.17, 15) is 17.2 Å². The highest BCUT2D eigenvalue weighted by atomic mass is 35.5. The predicted molar refractivity (Wildman–Crippen MR) is 99.4 cm³/mol. The van der Waals surface area contributed by atoms with Crippen molar-refractivity contribution < 1.29 is 21.6 Å². The average molecular weight is 428 g/mol. The summed E-state index contributed by atoms with van der Waals surface area (Å²) in [5, 5.41) is 0.554. The first-order valence-corrected chi connectivity index (χ1v) is 10.4. The Morgan fingerprint density at radius 2 is 1.82 bits per heavy atom. The standard InChI is InChI=1S/C18H16ClF2N3O3S/c19-12-1-4-15-16(9-12)27-18(22-15)11-23-5-7-24(8-6-23)28(25,26)17-10-13(20)2-3-14(17)21/h1-4,9-10H,5-8,11H2. The highest BCUT2D eigenvalue weighted by molar-refractivity contribution is 7.89. The van der Waals surface area contributed by atoms with Gasteiger partial charge in [0.25, 0.3) is 0 Å². The molecule has 0 amide bonds. The van der Waals surface area contributed by atoms with Gasteiger partial charge in [0.1, 0.15) is 22.0 Å². The molecule has 1 saturated heterocycles. The van der Waals surface area contributed by atoms with Gasteiger partial charge < -0.3 is 4.42 Å². The molecule has 3 aromatic rings. The van der Waals surface area contributed by atoms with Crippen molar-refractivity contribution in [1.82, 2.24) is 14.2 Å². The second-order valence-corrected chi connectivity index (χ2v) is 8.82. The maximum atomic E-state index is 13.9. The number of sulfonamides is 1. The number of hydrogen-bond donors (Lipinski definition) is 0. The molecular weight excluding hydrogens is 412 g/mol. The van der Waals surface area contributed by atoms with Gasteiger partial charge in [0, 0.05) is 37.3 Å². The minimum atomic E-state index is -4.10. The molecule has 0 N–H and O–H groups in total. The molecule has 0 atom stereocenters. The van der Waals surface area contributed by atoms with Crippen LogP contribution in [0.4, 0.5) is 8.78 Å². The molecule has 10 heteroatoms. The molecule has 0 aliphatic carbocycles. The number of rotatable bonds is 4. The van der Waals surface area contributed by atoms with Crippen molar-refractivity contribution in [3.05, 3.63) is 58.9 Å². The average Bonchev–Trinajstić information content (AvgIpc) is 3.05. The van der Waals surface area contributed by atoms with Crippen LogP contribution in [0, 0.1) is 11.6 Å². The molecule has 0 radical (unpaired) electrons. The lowest BCUT2D eigenvalue weighted by Crippen LogP contribution is -2.48. The quantitative estimate of drug-likeness (QED) is 0.639. The smallest absolute Gasteiger partial charge is 0.246 e. The van der Waals surface area contributed by atoms with E-state index in [-0.39, 0.29) is 13.1 Å². The predicted octanol–water partition coefficient (Wildman–Crippen LogP) is 3.27. The maximum absolute atomic E-state index is 13.9. The van der Waals surface area contributed by atoms with E-state index < -0.39 is 26.6 Å². The Hall–Kier alpha value is -2.07. The van der Waals surface area contributed by atoms with E-state index in [1.54, 1.807) is 18.2 Å². The summed E-state index contributed by atoms with van der Waals surface area (Å²) in [6.07, 6.45) is 0. The van der Waals surface area contributed by atoms with Crippen molar-refractivity contribution in [2.45, 2.75) is 11.4 Å². The van der Waals surface area contributed by atoms with Crippen LogP contribution in [-0.2, 0) is 16.6 Å². The molecule has 2 aromatic carbocycles. The first-order chi connectivity index (χ1) is 13.3. The monoisotopic (exact) mass is 427 g/mol. The number of nitrogens with zero attached hydrogens (tertiary/aromatic N) is 3. The van der Waals surface area contributed by atoms with Crippen LogP contribution in [-0.4, -0.2) is 48.8 Å². The van der Waals surface area contributed by atoms with E-state index in [0.717, 1.165) is 16.4 Å². The zero-order valence-corrected chi connectivity index (χ0v) is 16.2. The van der Waals surface area contributed by atoms with Crippen LogP contribution in [0.5, 0.6) is 0 Å². The Balaban J connectivity index is 1.44. The van der Waals surface area contributed by atoms with Crippen molar-refractivity contribution >= 4 is 32.7 Å². The Kier molecular flexibility index (Phi) is 5.09. The van der Waals surface area contributed by atoms with Crippen LogP contribution in [0.2, 0.25) is 5.02 Å². The molecule has 1 aliphatic heterocycles. The first-order valence-electron chi connectivity index (χ1n) is 8.55. The number of hydrogen-bond acceptors (Lipinski definition) is 5. The molecule has 0 bridgehead atoms. The summed E-state index contributed by atoms with van der Waals surface area (Å²) in [5.41, 5.74) is 1.28. The highest BCUT2D eigenvalue weighted by Gasteiger charge is 2.31. The summed E-state index contributed by atoms with van der Waals surface area (Å²) in [4.78, 5) is 5.74. The van der Waals surface area contributed by atoms with Crippen molar-refractivity contribution in [1.29, 1.82) is 0 Å². The van der Waals surface area contributed by atoms with Crippen molar-refractivity contribution in [2.24, 2.45) is 0 Å². The third kappa shape index (κ3) is 3.75. The number of halogens is 3. The molecular formula is C18H16ClF2N3O3S. The molecule has 0 unspecified atom stereocenters. The molecule has 2 heterocycles. The van der Waals surface area contributed by atoms with Gasteiger partial charge in [-0.1, -0.05) is 11.6 Å². The largest absolute Gasteiger partial charge is 0.439 e. The second kappa shape index (κ2) is 7.40. The summed E-state index contributed by atoms with van der Waals surface area (Å²) in [6, 6.07) is 7.60. The summed E-state index contributed by atoms with van der Waals surface area (Å²) in [6.45, 7) is 1.55. The van der Waals surface area contributed by atoms with Gasteiger partial charge in [0.15, 0.2) is 5.58 Å². The second-order valence-electron chi connectivity index (χ2n) is 6.47. The zero-order chi connectivity index (χ0) is 19.9. The summed E-state index contributed by atoms with van der Waals surface area (Å²) in [5.74, 6) is -1.26. The van der Waals surface area contributed by atoms with Crippen molar-refractivity contribution in [3.8, 4) is 0 Å². The van der Waals surface area contributed by atoms with Gasteiger partial charge in [-0.2, -0.15) is 4.31 Å². The van der Waals surface area contributed by atoms with Crippen LogP contribution in [0.25, 0.3) is 11.1 Å². The molecule has 1 aromatic heterocycles. The summed E-state index contributed by atoms with van der Waals surface area (Å²) < 4.78 is 59.4. The molecule has 1 aliphatic rings. The van der Waals surface area contributed by atoms with Gasteiger partial charge in [-0.3, -0.25) is 4.90 Å². The third-order valence-corrected chi connectivity index (χ3v) is 6.74. The van der Waals surface area contributed by atoms with Crippen LogP contribution in [0.1, 0.15) is 5.89 Å². The van der Waals surface area contributed by atoms with E-state index in [2.05, 4.69) is 4.98 Å². The minimum absolute atomic E-state index is 0.157. The molecule has 4 rings (SSSR count). The van der Waals surface area contributed by atoms with E-state index in [4.69, 9.17) is 16.0 Å².